The molecule has 1 aromatic carbocycles. The maximum atomic E-state index is 11.9. The molecule has 0 bridgehead atoms. The Labute approximate surface area is 135 Å². The molecule has 6 nitrogen and oxygen atoms in total. The van der Waals surface area contributed by atoms with E-state index in [1.807, 2.05) is 30.3 Å². The number of morpholine rings is 1. The molecule has 23 heavy (non-hydrogen) atoms. The van der Waals surface area contributed by atoms with Crippen molar-refractivity contribution in [2.24, 2.45) is 0 Å². The van der Waals surface area contributed by atoms with E-state index in [9.17, 15) is 4.79 Å². The quantitative estimate of drug-likeness (QED) is 0.753. The highest BCUT2D eigenvalue weighted by molar-refractivity contribution is 5.30. The summed E-state index contributed by atoms with van der Waals surface area (Å²) in [5.74, 6) is 0.468. The normalized spacial score (nSPS) is 15.5. The van der Waals surface area contributed by atoms with E-state index < -0.39 is 0 Å². The molecule has 0 amide bonds. The van der Waals surface area contributed by atoms with Crippen LogP contribution in [0.2, 0.25) is 0 Å². The summed E-state index contributed by atoms with van der Waals surface area (Å²) in [5, 5.41) is 4.28. The van der Waals surface area contributed by atoms with Crippen molar-refractivity contribution >= 4 is 0 Å². The summed E-state index contributed by atoms with van der Waals surface area (Å²) < 4.78 is 12.4. The van der Waals surface area contributed by atoms with E-state index in [0.29, 0.717) is 12.5 Å². The molecule has 3 rings (SSSR count). The Bertz CT molecular complexity index is 666. The third-order valence-corrected chi connectivity index (χ3v) is 3.75. The van der Waals surface area contributed by atoms with Gasteiger partial charge in [-0.2, -0.15) is 4.68 Å². The molecule has 0 saturated carbocycles. The molecular formula is C17H21N3O3. The first-order chi connectivity index (χ1) is 11.3. The molecule has 1 aliphatic rings. The number of nitrogens with zero attached hydrogens (tertiary/aromatic N) is 3. The fraction of sp³-hybridized carbons (Fsp3) is 0.412. The minimum Gasteiger partial charge on any atom is -0.477 e. The highest BCUT2D eigenvalue weighted by Crippen LogP contribution is 2.07. The lowest BCUT2D eigenvalue weighted by Gasteiger charge is -2.26. The van der Waals surface area contributed by atoms with Gasteiger partial charge in [-0.25, -0.2) is 0 Å². The highest BCUT2D eigenvalue weighted by Gasteiger charge is 2.09. The van der Waals surface area contributed by atoms with Crippen LogP contribution in [0.3, 0.4) is 0 Å². The summed E-state index contributed by atoms with van der Waals surface area (Å²) in [4.78, 5) is 14.3. The number of aromatic nitrogens is 2. The summed E-state index contributed by atoms with van der Waals surface area (Å²) in [6.07, 6.45) is 0.923. The Morgan fingerprint density at radius 2 is 1.87 bits per heavy atom. The molecule has 1 fully saturated rings. The van der Waals surface area contributed by atoms with Gasteiger partial charge in [-0.1, -0.05) is 18.2 Å². The number of rotatable bonds is 6. The number of hydrogen-bond acceptors (Lipinski definition) is 5. The molecule has 1 aromatic heterocycles. The standard InChI is InChI=1S/C17H21N3O3/c21-17-8-7-16(18-20(17)15-5-2-1-3-6-15)23-12-4-9-19-10-13-22-14-11-19/h1-3,5-8H,4,9-14H2. The van der Waals surface area contributed by atoms with E-state index in [4.69, 9.17) is 9.47 Å². The zero-order valence-corrected chi connectivity index (χ0v) is 13.1. The minimum atomic E-state index is -0.170. The largest absolute Gasteiger partial charge is 0.477 e. The zero-order valence-electron chi connectivity index (χ0n) is 13.1. The van der Waals surface area contributed by atoms with Gasteiger partial charge in [0.05, 0.1) is 25.5 Å². The first-order valence-electron chi connectivity index (χ1n) is 7.92. The van der Waals surface area contributed by atoms with Gasteiger partial charge in [0, 0.05) is 31.8 Å². The second kappa shape index (κ2) is 7.89. The fourth-order valence-electron chi connectivity index (χ4n) is 2.52. The summed E-state index contributed by atoms with van der Waals surface area (Å²) in [7, 11) is 0. The lowest BCUT2D eigenvalue weighted by molar-refractivity contribution is 0.0357. The number of para-hydroxylation sites is 1. The van der Waals surface area contributed by atoms with E-state index >= 15 is 0 Å². The molecular weight excluding hydrogens is 294 g/mol. The van der Waals surface area contributed by atoms with Crippen LogP contribution in [0.25, 0.3) is 5.69 Å². The molecule has 0 aliphatic carbocycles. The average Bonchev–Trinajstić information content (AvgIpc) is 2.62. The molecule has 2 aromatic rings. The van der Waals surface area contributed by atoms with Crippen LogP contribution < -0.4 is 10.3 Å². The Balaban J connectivity index is 1.55. The van der Waals surface area contributed by atoms with E-state index in [2.05, 4.69) is 10.00 Å². The third kappa shape index (κ3) is 4.40. The zero-order chi connectivity index (χ0) is 15.9. The van der Waals surface area contributed by atoms with Gasteiger partial charge in [-0.05, 0) is 18.6 Å². The van der Waals surface area contributed by atoms with Crippen LogP contribution in [0.15, 0.2) is 47.3 Å². The van der Waals surface area contributed by atoms with Gasteiger partial charge in [0.25, 0.3) is 5.56 Å². The molecule has 1 aliphatic heterocycles. The maximum Gasteiger partial charge on any atom is 0.271 e. The van der Waals surface area contributed by atoms with E-state index in [1.165, 1.54) is 10.7 Å². The summed E-state index contributed by atoms with van der Waals surface area (Å²) >= 11 is 0. The van der Waals surface area contributed by atoms with Crippen molar-refractivity contribution in [3.63, 3.8) is 0 Å². The van der Waals surface area contributed by atoms with Crippen molar-refractivity contribution in [3.8, 4) is 11.6 Å². The Morgan fingerprint density at radius 1 is 1.09 bits per heavy atom. The average molecular weight is 315 g/mol. The van der Waals surface area contributed by atoms with Crippen molar-refractivity contribution in [1.29, 1.82) is 0 Å². The van der Waals surface area contributed by atoms with Crippen LogP contribution in [-0.4, -0.2) is 54.1 Å². The fourth-order valence-corrected chi connectivity index (χ4v) is 2.52. The molecule has 0 atom stereocenters. The first kappa shape index (κ1) is 15.7. The summed E-state index contributed by atoms with van der Waals surface area (Å²) in [6, 6.07) is 12.4. The molecule has 0 radical (unpaired) electrons. The molecule has 1 saturated heterocycles. The maximum absolute atomic E-state index is 11.9. The monoisotopic (exact) mass is 315 g/mol. The number of ether oxygens (including phenoxy) is 2. The molecule has 2 heterocycles. The van der Waals surface area contributed by atoms with Gasteiger partial charge in [0.15, 0.2) is 0 Å². The second-order valence-electron chi connectivity index (χ2n) is 5.41. The van der Waals surface area contributed by atoms with Gasteiger partial charge in [0.2, 0.25) is 5.88 Å². The lowest BCUT2D eigenvalue weighted by atomic mass is 10.3. The van der Waals surface area contributed by atoms with Gasteiger partial charge >= 0.3 is 0 Å². The molecule has 6 heteroatoms. The van der Waals surface area contributed by atoms with Gasteiger partial charge in [0.1, 0.15) is 0 Å². The number of benzene rings is 1. The Kier molecular flexibility index (Phi) is 5.39. The minimum absolute atomic E-state index is 0.170. The molecule has 0 N–H and O–H groups in total. The topological polar surface area (TPSA) is 56.6 Å². The number of hydrogen-bond donors (Lipinski definition) is 0. The second-order valence-corrected chi connectivity index (χ2v) is 5.41. The van der Waals surface area contributed by atoms with Crippen LogP contribution in [0.5, 0.6) is 5.88 Å². The van der Waals surface area contributed by atoms with Crippen molar-refractivity contribution in [3.05, 3.63) is 52.8 Å². The van der Waals surface area contributed by atoms with Crippen LogP contribution >= 0.6 is 0 Å². The van der Waals surface area contributed by atoms with Gasteiger partial charge in [-0.3, -0.25) is 9.69 Å². The third-order valence-electron chi connectivity index (χ3n) is 3.75. The van der Waals surface area contributed by atoms with E-state index in [0.717, 1.165) is 45.0 Å². The highest BCUT2D eigenvalue weighted by atomic mass is 16.5. The molecule has 0 spiro atoms. The predicted octanol–water partition coefficient (Wildman–Crippen LogP) is 1.33. The van der Waals surface area contributed by atoms with Gasteiger partial charge < -0.3 is 9.47 Å². The Morgan fingerprint density at radius 3 is 2.65 bits per heavy atom. The van der Waals surface area contributed by atoms with Gasteiger partial charge in [-0.15, -0.1) is 5.10 Å². The molecule has 122 valence electrons. The van der Waals surface area contributed by atoms with Crippen LogP contribution in [0, 0.1) is 0 Å². The first-order valence-corrected chi connectivity index (χ1v) is 7.92. The summed E-state index contributed by atoms with van der Waals surface area (Å²) in [6.45, 7) is 5.15. The van der Waals surface area contributed by atoms with Crippen molar-refractivity contribution in [2.45, 2.75) is 6.42 Å². The van der Waals surface area contributed by atoms with Crippen LogP contribution in [0.4, 0.5) is 0 Å². The van der Waals surface area contributed by atoms with E-state index in [-0.39, 0.29) is 5.56 Å². The smallest absolute Gasteiger partial charge is 0.271 e. The SMILES string of the molecule is O=c1ccc(OCCCN2CCOCC2)nn1-c1ccccc1. The van der Waals surface area contributed by atoms with E-state index in [1.54, 1.807) is 6.07 Å². The van der Waals surface area contributed by atoms with Crippen molar-refractivity contribution in [2.75, 3.05) is 39.5 Å². The van der Waals surface area contributed by atoms with Crippen molar-refractivity contribution < 1.29 is 9.47 Å². The van der Waals surface area contributed by atoms with Crippen LogP contribution in [0.1, 0.15) is 6.42 Å². The lowest BCUT2D eigenvalue weighted by Crippen LogP contribution is -2.37. The predicted molar refractivity (Wildman–Crippen MR) is 87.2 cm³/mol. The summed E-state index contributed by atoms with van der Waals surface area (Å²) in [5.41, 5.74) is 0.563. The molecule has 0 unspecified atom stereocenters. The van der Waals surface area contributed by atoms with Crippen LogP contribution in [-0.2, 0) is 4.74 Å². The van der Waals surface area contributed by atoms with Crippen molar-refractivity contribution in [1.82, 2.24) is 14.7 Å². The Hall–Kier alpha value is -2.18.